The third-order valence-electron chi connectivity index (χ3n) is 1.63. The molecule has 0 aliphatic heterocycles. The fraction of sp³-hybridized carbons (Fsp3) is 0.778. The lowest BCUT2D eigenvalue weighted by molar-refractivity contribution is 0.217. The maximum Gasteiger partial charge on any atom is 0.0729 e. The average molecular weight is 189 g/mol. The van der Waals surface area contributed by atoms with E-state index in [1.54, 1.807) is 0 Å². The van der Waals surface area contributed by atoms with Crippen LogP contribution in [0.3, 0.4) is 0 Å². The van der Waals surface area contributed by atoms with Crippen molar-refractivity contribution in [3.8, 4) is 0 Å². The van der Waals surface area contributed by atoms with Gasteiger partial charge in [-0.3, -0.25) is 5.14 Å². The lowest BCUT2D eigenvalue weighted by atomic mass is 9.95. The standard InChI is InChI=1S/C9H19NOS/c1-5-7(11)6-8(12-10)9(2,3)4/h6-7,11H,5,10H2,1-4H3/b8-6-. The van der Waals surface area contributed by atoms with E-state index in [-0.39, 0.29) is 11.5 Å². The summed E-state index contributed by atoms with van der Waals surface area (Å²) < 4.78 is 0. The van der Waals surface area contributed by atoms with Crippen molar-refractivity contribution in [3.05, 3.63) is 11.0 Å². The Kier molecular flexibility index (Phi) is 4.90. The van der Waals surface area contributed by atoms with Gasteiger partial charge in [-0.15, -0.1) is 0 Å². The van der Waals surface area contributed by atoms with Crippen molar-refractivity contribution in [2.24, 2.45) is 10.6 Å². The van der Waals surface area contributed by atoms with E-state index >= 15 is 0 Å². The summed E-state index contributed by atoms with van der Waals surface area (Å²) in [6.07, 6.45) is 2.21. The normalized spacial score (nSPS) is 16.3. The van der Waals surface area contributed by atoms with Crippen molar-refractivity contribution in [2.45, 2.75) is 40.2 Å². The van der Waals surface area contributed by atoms with E-state index in [1.807, 2.05) is 13.0 Å². The smallest absolute Gasteiger partial charge is 0.0729 e. The van der Waals surface area contributed by atoms with Crippen LogP contribution in [0, 0.1) is 5.41 Å². The van der Waals surface area contributed by atoms with E-state index in [4.69, 9.17) is 5.14 Å². The molecular weight excluding hydrogens is 170 g/mol. The highest BCUT2D eigenvalue weighted by atomic mass is 32.2. The molecule has 3 N–H and O–H groups in total. The SMILES string of the molecule is CCC(O)/C=C(\SN)C(C)(C)C. The minimum atomic E-state index is -0.365. The Morgan fingerprint density at radius 1 is 1.58 bits per heavy atom. The zero-order valence-electron chi connectivity index (χ0n) is 8.29. The van der Waals surface area contributed by atoms with Crippen LogP contribution in [0.5, 0.6) is 0 Å². The number of rotatable bonds is 3. The second-order valence-electron chi connectivity index (χ2n) is 3.87. The van der Waals surface area contributed by atoms with Crippen LogP contribution in [0.25, 0.3) is 0 Å². The first kappa shape index (κ1) is 12.0. The molecule has 0 aromatic rings. The van der Waals surface area contributed by atoms with Gasteiger partial charge in [0.15, 0.2) is 0 Å². The summed E-state index contributed by atoms with van der Waals surface area (Å²) in [5.74, 6) is 0. The molecule has 0 rings (SSSR count). The number of allylic oxidation sites excluding steroid dienone is 1. The lowest BCUT2D eigenvalue weighted by Crippen LogP contribution is -2.12. The van der Waals surface area contributed by atoms with Gasteiger partial charge >= 0.3 is 0 Å². The summed E-state index contributed by atoms with van der Waals surface area (Å²) in [6, 6.07) is 0. The molecule has 0 aliphatic carbocycles. The molecule has 0 amide bonds. The number of nitrogens with two attached hydrogens (primary N) is 1. The van der Waals surface area contributed by atoms with Crippen molar-refractivity contribution in [1.29, 1.82) is 0 Å². The molecule has 0 saturated heterocycles. The van der Waals surface area contributed by atoms with Crippen LogP contribution in [0.1, 0.15) is 34.1 Å². The van der Waals surface area contributed by atoms with Crippen LogP contribution in [0.4, 0.5) is 0 Å². The van der Waals surface area contributed by atoms with Gasteiger partial charge in [0.1, 0.15) is 0 Å². The van der Waals surface area contributed by atoms with Gasteiger partial charge in [0, 0.05) is 4.91 Å². The first-order chi connectivity index (χ1) is 5.41. The second kappa shape index (κ2) is 4.90. The van der Waals surface area contributed by atoms with Gasteiger partial charge in [0.05, 0.1) is 6.10 Å². The van der Waals surface area contributed by atoms with E-state index in [2.05, 4.69) is 20.8 Å². The van der Waals surface area contributed by atoms with E-state index in [1.165, 1.54) is 11.9 Å². The van der Waals surface area contributed by atoms with Crippen molar-refractivity contribution in [2.75, 3.05) is 0 Å². The molecule has 0 saturated carbocycles. The predicted molar refractivity (Wildman–Crippen MR) is 55.6 cm³/mol. The highest BCUT2D eigenvalue weighted by Crippen LogP contribution is 2.31. The van der Waals surface area contributed by atoms with Crippen molar-refractivity contribution < 1.29 is 5.11 Å². The summed E-state index contributed by atoms with van der Waals surface area (Å²) in [5.41, 5.74) is 0.0373. The zero-order valence-corrected chi connectivity index (χ0v) is 9.11. The average Bonchev–Trinajstić information content (AvgIpc) is 1.97. The largest absolute Gasteiger partial charge is 0.389 e. The molecule has 2 nitrogen and oxygen atoms in total. The predicted octanol–water partition coefficient (Wildman–Crippen LogP) is 2.29. The van der Waals surface area contributed by atoms with Gasteiger partial charge in [-0.05, 0) is 17.9 Å². The summed E-state index contributed by atoms with van der Waals surface area (Å²) in [4.78, 5) is 1.04. The monoisotopic (exact) mass is 189 g/mol. The van der Waals surface area contributed by atoms with Crippen LogP contribution in [0.2, 0.25) is 0 Å². The van der Waals surface area contributed by atoms with E-state index < -0.39 is 0 Å². The third-order valence-corrected chi connectivity index (χ3v) is 2.63. The minimum absolute atomic E-state index is 0.0373. The Labute approximate surface area is 79.4 Å². The summed E-state index contributed by atoms with van der Waals surface area (Å²) in [6.45, 7) is 8.20. The molecule has 3 heteroatoms. The topological polar surface area (TPSA) is 46.2 Å². The highest BCUT2D eigenvalue weighted by molar-refractivity contribution is 8.00. The molecule has 0 radical (unpaired) electrons. The molecule has 0 aromatic heterocycles. The number of hydrogen-bond donors (Lipinski definition) is 2. The number of aliphatic hydroxyl groups excluding tert-OH is 1. The maximum atomic E-state index is 9.38. The van der Waals surface area contributed by atoms with Crippen LogP contribution in [-0.2, 0) is 0 Å². The van der Waals surface area contributed by atoms with Crippen molar-refractivity contribution >= 4 is 11.9 Å². The van der Waals surface area contributed by atoms with Gasteiger partial charge in [0.2, 0.25) is 0 Å². The Hall–Kier alpha value is 0.01000. The van der Waals surface area contributed by atoms with Crippen LogP contribution in [-0.4, -0.2) is 11.2 Å². The molecule has 0 heterocycles. The summed E-state index contributed by atoms with van der Waals surface area (Å²) >= 11 is 1.22. The fourth-order valence-electron chi connectivity index (χ4n) is 0.759. The fourth-order valence-corrected chi connectivity index (χ4v) is 1.35. The molecule has 72 valence electrons. The molecule has 0 aromatic carbocycles. The first-order valence-corrected chi connectivity index (χ1v) is 5.07. The van der Waals surface area contributed by atoms with Gasteiger partial charge in [0.25, 0.3) is 0 Å². The van der Waals surface area contributed by atoms with E-state index in [0.717, 1.165) is 11.3 Å². The molecule has 12 heavy (non-hydrogen) atoms. The van der Waals surface area contributed by atoms with Gasteiger partial charge in [-0.2, -0.15) is 0 Å². The van der Waals surface area contributed by atoms with Gasteiger partial charge in [-0.25, -0.2) is 0 Å². The minimum Gasteiger partial charge on any atom is -0.389 e. The first-order valence-electron chi connectivity index (χ1n) is 4.19. The Bertz CT molecular complexity index is 160. The highest BCUT2D eigenvalue weighted by Gasteiger charge is 2.17. The molecule has 1 unspecified atom stereocenters. The molecular formula is C9H19NOS. The number of aliphatic hydroxyl groups is 1. The van der Waals surface area contributed by atoms with Crippen molar-refractivity contribution in [3.63, 3.8) is 0 Å². The van der Waals surface area contributed by atoms with Crippen LogP contribution in [0.15, 0.2) is 11.0 Å². The summed E-state index contributed by atoms with van der Waals surface area (Å²) in [5, 5.41) is 14.9. The van der Waals surface area contributed by atoms with Crippen LogP contribution >= 0.6 is 11.9 Å². The van der Waals surface area contributed by atoms with Gasteiger partial charge < -0.3 is 5.11 Å². The second-order valence-corrected chi connectivity index (χ2v) is 4.55. The quantitative estimate of drug-likeness (QED) is 0.670. The Morgan fingerprint density at radius 2 is 2.08 bits per heavy atom. The molecule has 0 spiro atoms. The van der Waals surface area contributed by atoms with Crippen LogP contribution < -0.4 is 5.14 Å². The van der Waals surface area contributed by atoms with E-state index in [9.17, 15) is 5.11 Å². The number of hydrogen-bond acceptors (Lipinski definition) is 3. The maximum absolute atomic E-state index is 9.38. The molecule has 0 aliphatic rings. The lowest BCUT2D eigenvalue weighted by Gasteiger charge is -2.21. The van der Waals surface area contributed by atoms with E-state index in [0.29, 0.717) is 0 Å². The zero-order chi connectivity index (χ0) is 9.78. The summed E-state index contributed by atoms with van der Waals surface area (Å²) in [7, 11) is 0. The Morgan fingerprint density at radius 3 is 2.33 bits per heavy atom. The molecule has 0 fully saturated rings. The van der Waals surface area contributed by atoms with Crippen molar-refractivity contribution in [1.82, 2.24) is 0 Å². The Balaban J connectivity index is 4.44. The molecule has 1 atom stereocenters. The third kappa shape index (κ3) is 4.14. The molecule has 0 bridgehead atoms. The van der Waals surface area contributed by atoms with Gasteiger partial charge in [-0.1, -0.05) is 39.6 Å².